The normalized spacial score (nSPS) is 15.2. The molecule has 2 aromatic carbocycles. The first-order chi connectivity index (χ1) is 14.0. The third-order valence-electron chi connectivity index (χ3n) is 4.41. The summed E-state index contributed by atoms with van der Waals surface area (Å²) in [6.07, 6.45) is 4.27. The van der Waals surface area contributed by atoms with Gasteiger partial charge in [0.2, 0.25) is 5.91 Å². The molecule has 1 aliphatic rings. The summed E-state index contributed by atoms with van der Waals surface area (Å²) in [5, 5.41) is 2.86. The number of hydrogen-bond acceptors (Lipinski definition) is 4. The van der Waals surface area contributed by atoms with Gasteiger partial charge in [0.25, 0.3) is 5.91 Å². The highest BCUT2D eigenvalue weighted by molar-refractivity contribution is 8.26. The summed E-state index contributed by atoms with van der Waals surface area (Å²) < 4.78 is 14.3. The fourth-order valence-electron chi connectivity index (χ4n) is 2.90. The van der Waals surface area contributed by atoms with Crippen molar-refractivity contribution in [2.45, 2.75) is 25.7 Å². The number of para-hydroxylation sites is 1. The first-order valence-corrected chi connectivity index (χ1v) is 10.6. The van der Waals surface area contributed by atoms with E-state index in [9.17, 15) is 14.0 Å². The van der Waals surface area contributed by atoms with Crippen molar-refractivity contribution in [3.8, 4) is 0 Å². The van der Waals surface area contributed by atoms with E-state index < -0.39 is 0 Å². The van der Waals surface area contributed by atoms with Crippen LogP contribution in [0.25, 0.3) is 6.08 Å². The molecule has 0 atom stereocenters. The molecule has 7 heteroatoms. The van der Waals surface area contributed by atoms with Crippen LogP contribution in [0.15, 0.2) is 59.5 Å². The van der Waals surface area contributed by atoms with Crippen molar-refractivity contribution in [2.75, 3.05) is 11.9 Å². The number of thioether (sulfide) groups is 1. The van der Waals surface area contributed by atoms with E-state index >= 15 is 0 Å². The average Bonchev–Trinajstić information content (AvgIpc) is 2.97. The first kappa shape index (κ1) is 21.2. The topological polar surface area (TPSA) is 49.4 Å². The Bertz CT molecular complexity index is 931. The standard InChI is InChI=1S/C22H21FN2O2S2/c23-18-12-7-6-9-16(18)15-19-21(27)25(22(28)29-19)14-8-2-5-13-20(26)24-17-10-3-1-4-11-17/h1,3-4,6-7,9-12,15H,2,5,8,13-14H2,(H,24,26)/b19-15-. The van der Waals surface area contributed by atoms with Crippen LogP contribution in [0, 0.1) is 5.82 Å². The number of hydrogen-bond donors (Lipinski definition) is 1. The second-order valence-electron chi connectivity index (χ2n) is 6.58. The lowest BCUT2D eigenvalue weighted by atomic mass is 10.1. The largest absolute Gasteiger partial charge is 0.326 e. The summed E-state index contributed by atoms with van der Waals surface area (Å²) >= 11 is 6.50. The summed E-state index contributed by atoms with van der Waals surface area (Å²) in [6.45, 7) is 0.500. The lowest BCUT2D eigenvalue weighted by Crippen LogP contribution is -2.29. The van der Waals surface area contributed by atoms with Gasteiger partial charge in [0.1, 0.15) is 10.1 Å². The van der Waals surface area contributed by atoms with Gasteiger partial charge in [-0.15, -0.1) is 0 Å². The number of carbonyl (C=O) groups is 2. The molecule has 3 rings (SSSR count). The molecule has 1 heterocycles. The number of nitrogens with zero attached hydrogens (tertiary/aromatic N) is 1. The second kappa shape index (κ2) is 10.3. The molecule has 0 saturated carbocycles. The molecule has 150 valence electrons. The molecule has 0 aliphatic carbocycles. The molecule has 2 amide bonds. The molecule has 0 aromatic heterocycles. The van der Waals surface area contributed by atoms with Gasteiger partial charge in [-0.05, 0) is 37.1 Å². The molecular weight excluding hydrogens is 407 g/mol. The number of thiocarbonyl (C=S) groups is 1. The van der Waals surface area contributed by atoms with Crippen LogP contribution in [0.2, 0.25) is 0 Å². The molecule has 1 N–H and O–H groups in total. The van der Waals surface area contributed by atoms with Gasteiger partial charge in [-0.2, -0.15) is 0 Å². The third-order valence-corrected chi connectivity index (χ3v) is 5.79. The Labute approximate surface area is 179 Å². The molecule has 0 bridgehead atoms. The number of rotatable bonds is 8. The van der Waals surface area contributed by atoms with E-state index in [1.807, 2.05) is 30.3 Å². The van der Waals surface area contributed by atoms with Crippen LogP contribution in [-0.4, -0.2) is 27.6 Å². The smallest absolute Gasteiger partial charge is 0.266 e. The molecule has 29 heavy (non-hydrogen) atoms. The Morgan fingerprint density at radius 2 is 1.79 bits per heavy atom. The zero-order valence-corrected chi connectivity index (χ0v) is 17.4. The monoisotopic (exact) mass is 428 g/mol. The summed E-state index contributed by atoms with van der Waals surface area (Å²) in [4.78, 5) is 26.5. The maximum atomic E-state index is 13.8. The zero-order chi connectivity index (χ0) is 20.6. The van der Waals surface area contributed by atoms with E-state index in [0.717, 1.165) is 24.9 Å². The number of unbranched alkanes of at least 4 members (excludes halogenated alkanes) is 2. The van der Waals surface area contributed by atoms with Crippen LogP contribution in [-0.2, 0) is 9.59 Å². The van der Waals surface area contributed by atoms with E-state index in [1.165, 1.54) is 17.8 Å². The second-order valence-corrected chi connectivity index (χ2v) is 8.26. The zero-order valence-electron chi connectivity index (χ0n) is 15.8. The van der Waals surface area contributed by atoms with Crippen LogP contribution in [0.1, 0.15) is 31.2 Å². The molecule has 1 saturated heterocycles. The number of amides is 2. The maximum Gasteiger partial charge on any atom is 0.266 e. The van der Waals surface area contributed by atoms with E-state index in [4.69, 9.17) is 12.2 Å². The van der Waals surface area contributed by atoms with Crippen molar-refractivity contribution in [1.29, 1.82) is 0 Å². The molecule has 1 aliphatic heterocycles. The predicted molar refractivity (Wildman–Crippen MR) is 120 cm³/mol. The van der Waals surface area contributed by atoms with Gasteiger partial charge in [-0.1, -0.05) is 66.8 Å². The number of anilines is 1. The molecule has 4 nitrogen and oxygen atoms in total. The van der Waals surface area contributed by atoms with Gasteiger partial charge in [0.15, 0.2) is 0 Å². The van der Waals surface area contributed by atoms with E-state index in [0.29, 0.717) is 27.8 Å². The fourth-order valence-corrected chi connectivity index (χ4v) is 4.20. The highest BCUT2D eigenvalue weighted by atomic mass is 32.2. The van der Waals surface area contributed by atoms with E-state index in [1.54, 1.807) is 29.2 Å². The summed E-state index contributed by atoms with van der Waals surface area (Å²) in [6, 6.07) is 15.7. The molecular formula is C22H21FN2O2S2. The number of benzene rings is 2. The Balaban J connectivity index is 1.43. The van der Waals surface area contributed by atoms with Gasteiger partial charge in [0.05, 0.1) is 4.91 Å². The van der Waals surface area contributed by atoms with Gasteiger partial charge in [-0.25, -0.2) is 4.39 Å². The summed E-state index contributed by atoms with van der Waals surface area (Å²) in [5.41, 5.74) is 1.16. The van der Waals surface area contributed by atoms with E-state index in [-0.39, 0.29) is 17.6 Å². The van der Waals surface area contributed by atoms with Crippen molar-refractivity contribution >= 4 is 51.9 Å². The van der Waals surface area contributed by atoms with E-state index in [2.05, 4.69) is 5.32 Å². The number of halogens is 1. The van der Waals surface area contributed by atoms with Crippen LogP contribution in [0.4, 0.5) is 10.1 Å². The maximum absolute atomic E-state index is 13.8. The molecule has 0 spiro atoms. The lowest BCUT2D eigenvalue weighted by Gasteiger charge is -2.14. The molecule has 2 aromatic rings. The van der Waals surface area contributed by atoms with Crippen molar-refractivity contribution < 1.29 is 14.0 Å². The molecule has 0 radical (unpaired) electrons. The van der Waals surface area contributed by atoms with Gasteiger partial charge in [0, 0.05) is 24.2 Å². The quantitative estimate of drug-likeness (QED) is 0.356. The Hall–Kier alpha value is -2.51. The number of nitrogens with one attached hydrogen (secondary N) is 1. The minimum atomic E-state index is -0.369. The fraction of sp³-hybridized carbons (Fsp3) is 0.227. The lowest BCUT2D eigenvalue weighted by molar-refractivity contribution is -0.122. The first-order valence-electron chi connectivity index (χ1n) is 9.39. The minimum Gasteiger partial charge on any atom is -0.326 e. The summed E-state index contributed by atoms with van der Waals surface area (Å²) in [7, 11) is 0. The van der Waals surface area contributed by atoms with Crippen LogP contribution < -0.4 is 5.32 Å². The summed E-state index contributed by atoms with van der Waals surface area (Å²) in [5.74, 6) is -0.578. The van der Waals surface area contributed by atoms with Crippen molar-refractivity contribution in [1.82, 2.24) is 4.90 Å². The molecule has 1 fully saturated rings. The van der Waals surface area contributed by atoms with Crippen LogP contribution >= 0.6 is 24.0 Å². The highest BCUT2D eigenvalue weighted by Gasteiger charge is 2.31. The highest BCUT2D eigenvalue weighted by Crippen LogP contribution is 2.33. The van der Waals surface area contributed by atoms with Gasteiger partial charge >= 0.3 is 0 Å². The number of carbonyl (C=O) groups excluding carboxylic acids is 2. The Morgan fingerprint density at radius 3 is 2.55 bits per heavy atom. The van der Waals surface area contributed by atoms with Crippen LogP contribution in [0.5, 0.6) is 0 Å². The minimum absolute atomic E-state index is 0.0189. The predicted octanol–water partition coefficient (Wildman–Crippen LogP) is 5.23. The Kier molecular flexibility index (Phi) is 7.55. The Morgan fingerprint density at radius 1 is 1.07 bits per heavy atom. The SMILES string of the molecule is O=C(CCCCCN1C(=O)/C(=C/c2ccccc2F)SC1=S)Nc1ccccc1. The van der Waals surface area contributed by atoms with Gasteiger partial charge < -0.3 is 5.32 Å². The molecule has 0 unspecified atom stereocenters. The average molecular weight is 429 g/mol. The van der Waals surface area contributed by atoms with Crippen molar-refractivity contribution in [3.63, 3.8) is 0 Å². The van der Waals surface area contributed by atoms with Crippen molar-refractivity contribution in [2.24, 2.45) is 0 Å². The van der Waals surface area contributed by atoms with Gasteiger partial charge in [-0.3, -0.25) is 14.5 Å². The third kappa shape index (κ3) is 5.98. The van der Waals surface area contributed by atoms with Crippen LogP contribution in [0.3, 0.4) is 0 Å². The van der Waals surface area contributed by atoms with Crippen molar-refractivity contribution in [3.05, 3.63) is 70.9 Å².